The average Bonchev–Trinajstić information content (AvgIpc) is 3.05. The molecule has 0 unspecified atom stereocenters. The molecule has 1 heterocycles. The number of fused-ring (bicyclic) bond motifs is 2. The van der Waals surface area contributed by atoms with Crippen LogP contribution in [0.25, 0.3) is 0 Å². The quantitative estimate of drug-likeness (QED) is 0.645. The number of carbonyl (C=O) groups excluding carboxylic acids is 1. The Morgan fingerprint density at radius 2 is 1.73 bits per heavy atom. The summed E-state index contributed by atoms with van der Waals surface area (Å²) in [7, 11) is 1.62. The fourth-order valence-electron chi connectivity index (χ4n) is 2.42. The van der Waals surface area contributed by atoms with Crippen LogP contribution in [0, 0.1) is 0 Å². The molecular formula is C22H20O4. The summed E-state index contributed by atoms with van der Waals surface area (Å²) in [4.78, 5) is 11.7. The van der Waals surface area contributed by atoms with Gasteiger partial charge in [0.2, 0.25) is 0 Å². The van der Waals surface area contributed by atoms with Crippen molar-refractivity contribution in [3.8, 4) is 11.5 Å². The zero-order chi connectivity index (χ0) is 18.2. The Labute approximate surface area is 153 Å². The summed E-state index contributed by atoms with van der Waals surface area (Å²) in [5.41, 5.74) is 2.77. The molecule has 0 radical (unpaired) electrons. The van der Waals surface area contributed by atoms with Gasteiger partial charge in [0, 0.05) is 0 Å². The third-order valence-electron chi connectivity index (χ3n) is 3.84. The fourth-order valence-corrected chi connectivity index (χ4v) is 2.42. The van der Waals surface area contributed by atoms with Gasteiger partial charge < -0.3 is 14.2 Å². The van der Waals surface area contributed by atoms with Crippen molar-refractivity contribution in [2.24, 2.45) is 0 Å². The number of rotatable bonds is 4. The van der Waals surface area contributed by atoms with E-state index in [1.165, 1.54) is 5.56 Å². The molecule has 0 saturated carbocycles. The molecule has 4 heteroatoms. The molecule has 0 atom stereocenters. The molecule has 3 aromatic rings. The van der Waals surface area contributed by atoms with Crippen LogP contribution in [0.1, 0.15) is 21.5 Å². The van der Waals surface area contributed by atoms with Crippen molar-refractivity contribution >= 4 is 5.97 Å². The first-order valence-electron chi connectivity index (χ1n) is 8.31. The van der Waals surface area contributed by atoms with Crippen molar-refractivity contribution in [1.29, 1.82) is 0 Å². The van der Waals surface area contributed by atoms with Crippen molar-refractivity contribution in [2.75, 3.05) is 7.11 Å². The second kappa shape index (κ2) is 8.72. The van der Waals surface area contributed by atoms with Gasteiger partial charge in [0.25, 0.3) is 0 Å². The van der Waals surface area contributed by atoms with E-state index in [2.05, 4.69) is 12.1 Å². The van der Waals surface area contributed by atoms with Crippen molar-refractivity contribution in [1.82, 2.24) is 0 Å². The lowest BCUT2D eigenvalue weighted by Crippen LogP contribution is -2.04. The summed E-state index contributed by atoms with van der Waals surface area (Å²) in [6.07, 6.45) is 0. The molecule has 0 spiro atoms. The van der Waals surface area contributed by atoms with Crippen LogP contribution < -0.4 is 9.47 Å². The van der Waals surface area contributed by atoms with Crippen molar-refractivity contribution in [2.45, 2.75) is 13.2 Å². The molecule has 0 N–H and O–H groups in total. The third-order valence-corrected chi connectivity index (χ3v) is 3.84. The molecule has 0 aromatic heterocycles. The monoisotopic (exact) mass is 348 g/mol. The van der Waals surface area contributed by atoms with Crippen LogP contribution in [-0.4, -0.2) is 13.1 Å². The third kappa shape index (κ3) is 4.86. The van der Waals surface area contributed by atoms with Crippen LogP contribution in [0.15, 0.2) is 78.9 Å². The van der Waals surface area contributed by atoms with E-state index in [1.54, 1.807) is 19.2 Å². The second-order valence-corrected chi connectivity index (χ2v) is 5.73. The van der Waals surface area contributed by atoms with Gasteiger partial charge >= 0.3 is 5.97 Å². The average molecular weight is 348 g/mol. The van der Waals surface area contributed by atoms with Crippen LogP contribution in [0.2, 0.25) is 0 Å². The maximum absolute atomic E-state index is 11.7. The van der Waals surface area contributed by atoms with E-state index in [0.29, 0.717) is 5.56 Å². The van der Waals surface area contributed by atoms with Gasteiger partial charge in [-0.05, 0) is 47.5 Å². The second-order valence-electron chi connectivity index (χ2n) is 5.73. The lowest BCUT2D eigenvalue weighted by atomic mass is 10.2. The minimum atomic E-state index is -0.314. The van der Waals surface area contributed by atoms with Crippen molar-refractivity contribution in [3.63, 3.8) is 0 Å². The molecule has 0 fully saturated rings. The van der Waals surface area contributed by atoms with Gasteiger partial charge in [0.1, 0.15) is 24.7 Å². The lowest BCUT2D eigenvalue weighted by molar-refractivity contribution is 0.0472. The van der Waals surface area contributed by atoms with E-state index in [9.17, 15) is 4.79 Å². The number of benzene rings is 3. The first kappa shape index (κ1) is 17.5. The molecule has 26 heavy (non-hydrogen) atoms. The van der Waals surface area contributed by atoms with Gasteiger partial charge in [0.05, 0.1) is 12.7 Å². The van der Waals surface area contributed by atoms with E-state index in [1.807, 2.05) is 54.6 Å². The predicted octanol–water partition coefficient (Wildman–Crippen LogP) is 4.63. The fraction of sp³-hybridized carbons (Fsp3) is 0.136. The van der Waals surface area contributed by atoms with Gasteiger partial charge in [-0.2, -0.15) is 0 Å². The van der Waals surface area contributed by atoms with Gasteiger partial charge in [-0.3, -0.25) is 0 Å². The van der Waals surface area contributed by atoms with Crippen LogP contribution in [0.4, 0.5) is 0 Å². The lowest BCUT2D eigenvalue weighted by Gasteiger charge is -2.05. The highest BCUT2D eigenvalue weighted by molar-refractivity contribution is 5.89. The Morgan fingerprint density at radius 3 is 2.38 bits per heavy atom. The number of ether oxygens (including phenoxy) is 3. The van der Waals surface area contributed by atoms with E-state index < -0.39 is 0 Å². The highest BCUT2D eigenvalue weighted by Gasteiger charge is 2.06. The minimum absolute atomic E-state index is 0.262. The van der Waals surface area contributed by atoms with Crippen LogP contribution in [0.5, 0.6) is 11.5 Å². The number of esters is 1. The number of methoxy groups -OCH3 is 1. The Hall–Kier alpha value is -3.27. The Balaban J connectivity index is 0.000000201. The topological polar surface area (TPSA) is 44.8 Å². The molecule has 0 amide bonds. The van der Waals surface area contributed by atoms with Gasteiger partial charge in [0.15, 0.2) is 0 Å². The zero-order valence-corrected chi connectivity index (χ0v) is 14.6. The van der Waals surface area contributed by atoms with Crippen LogP contribution >= 0.6 is 0 Å². The molecular weight excluding hydrogens is 328 g/mol. The van der Waals surface area contributed by atoms with Gasteiger partial charge in [-0.25, -0.2) is 4.79 Å². The first-order chi connectivity index (χ1) is 12.7. The normalized spacial score (nSPS) is 11.0. The van der Waals surface area contributed by atoms with Crippen LogP contribution in [0.3, 0.4) is 0 Å². The molecule has 1 aliphatic rings. The van der Waals surface area contributed by atoms with Crippen molar-refractivity contribution < 1.29 is 19.0 Å². The first-order valence-corrected chi connectivity index (χ1v) is 8.31. The maximum Gasteiger partial charge on any atom is 0.338 e. The Bertz CT molecular complexity index is 822. The smallest absolute Gasteiger partial charge is 0.338 e. The highest BCUT2D eigenvalue weighted by Crippen LogP contribution is 2.20. The zero-order valence-electron chi connectivity index (χ0n) is 14.6. The molecule has 3 aromatic carbocycles. The van der Waals surface area contributed by atoms with Crippen LogP contribution in [-0.2, 0) is 18.0 Å². The Kier molecular flexibility index (Phi) is 5.88. The summed E-state index contributed by atoms with van der Waals surface area (Å²) in [6, 6.07) is 24.5. The largest absolute Gasteiger partial charge is 0.497 e. The van der Waals surface area contributed by atoms with Crippen molar-refractivity contribution in [3.05, 3.63) is 95.6 Å². The molecule has 0 saturated heterocycles. The van der Waals surface area contributed by atoms with E-state index >= 15 is 0 Å². The molecule has 2 bridgehead atoms. The number of hydrogen-bond donors (Lipinski definition) is 0. The molecule has 132 valence electrons. The van der Waals surface area contributed by atoms with E-state index in [0.717, 1.165) is 23.7 Å². The summed E-state index contributed by atoms with van der Waals surface area (Å²) >= 11 is 0. The van der Waals surface area contributed by atoms with E-state index in [-0.39, 0.29) is 12.6 Å². The molecule has 0 aliphatic carbocycles. The SMILES string of the molecule is COc1ccc(COC(=O)c2ccccc2)cc1.c1cc2cc(c1)OC2. The Morgan fingerprint density at radius 1 is 0.962 bits per heavy atom. The maximum atomic E-state index is 11.7. The minimum Gasteiger partial charge on any atom is -0.497 e. The summed E-state index contributed by atoms with van der Waals surface area (Å²) < 4.78 is 15.4. The summed E-state index contributed by atoms with van der Waals surface area (Å²) in [5, 5.41) is 0. The molecule has 4 nitrogen and oxygen atoms in total. The molecule has 4 rings (SSSR count). The summed E-state index contributed by atoms with van der Waals surface area (Å²) in [6.45, 7) is 1.03. The number of hydrogen-bond acceptors (Lipinski definition) is 4. The molecule has 1 aliphatic heterocycles. The van der Waals surface area contributed by atoms with Gasteiger partial charge in [-0.15, -0.1) is 0 Å². The summed E-state index contributed by atoms with van der Waals surface area (Å²) in [5.74, 6) is 1.47. The van der Waals surface area contributed by atoms with E-state index in [4.69, 9.17) is 14.2 Å². The number of carbonyl (C=O) groups is 1. The predicted molar refractivity (Wildman–Crippen MR) is 99.3 cm³/mol. The highest BCUT2D eigenvalue weighted by atomic mass is 16.5. The van der Waals surface area contributed by atoms with Gasteiger partial charge in [-0.1, -0.05) is 42.5 Å². The standard InChI is InChI=1S/C15H14O3.C7H6O/c1-17-14-9-7-12(8-10-14)11-18-15(16)13-5-3-2-4-6-13;1-2-6-4-7(3-1)8-5-6/h2-10H,11H2,1H3;1-4H,5H2.